The van der Waals surface area contributed by atoms with E-state index in [0.29, 0.717) is 26.1 Å². The lowest BCUT2D eigenvalue weighted by Gasteiger charge is -2.11. The Morgan fingerprint density at radius 3 is 1.62 bits per heavy atom. The standard InChI is InChI=1S/C9H20O4/c1-12-6-8(10)4-3-5-9(11)7-13-2/h8-11H,3-7H2,1-2H3/t8-,9-/m1/s1. The molecule has 0 aliphatic heterocycles. The van der Waals surface area contributed by atoms with E-state index in [1.165, 1.54) is 0 Å². The summed E-state index contributed by atoms with van der Waals surface area (Å²) in [5.41, 5.74) is 0. The maximum Gasteiger partial charge on any atom is 0.0773 e. The molecular formula is C9H20O4. The zero-order valence-corrected chi connectivity index (χ0v) is 8.40. The van der Waals surface area contributed by atoms with Crippen LogP contribution in [0.1, 0.15) is 19.3 Å². The lowest BCUT2D eigenvalue weighted by molar-refractivity contribution is 0.0407. The van der Waals surface area contributed by atoms with Gasteiger partial charge in [0.25, 0.3) is 0 Å². The Morgan fingerprint density at radius 1 is 0.923 bits per heavy atom. The Balaban J connectivity index is 3.23. The second-order valence-electron chi connectivity index (χ2n) is 3.15. The molecule has 2 atom stereocenters. The zero-order valence-electron chi connectivity index (χ0n) is 8.40. The summed E-state index contributed by atoms with van der Waals surface area (Å²) in [6, 6.07) is 0. The Bertz CT molecular complexity index is 95.8. The molecule has 0 bridgehead atoms. The lowest BCUT2D eigenvalue weighted by Crippen LogP contribution is -2.17. The molecule has 0 fully saturated rings. The minimum absolute atomic E-state index is 0.361. The Kier molecular flexibility index (Phi) is 8.33. The van der Waals surface area contributed by atoms with Crippen LogP contribution in [0, 0.1) is 0 Å². The average Bonchev–Trinajstić information content (AvgIpc) is 2.05. The SMILES string of the molecule is COC[C@H](O)CCC[C@@H](O)COC. The van der Waals surface area contributed by atoms with Gasteiger partial charge in [0.15, 0.2) is 0 Å². The number of aliphatic hydroxyl groups is 2. The molecule has 0 radical (unpaired) electrons. The molecule has 0 saturated heterocycles. The number of rotatable bonds is 8. The van der Waals surface area contributed by atoms with Crippen molar-refractivity contribution in [1.82, 2.24) is 0 Å². The van der Waals surface area contributed by atoms with Crippen LogP contribution in [0.2, 0.25) is 0 Å². The monoisotopic (exact) mass is 192 g/mol. The van der Waals surface area contributed by atoms with Crippen LogP contribution >= 0.6 is 0 Å². The van der Waals surface area contributed by atoms with E-state index >= 15 is 0 Å². The van der Waals surface area contributed by atoms with Gasteiger partial charge in [-0.1, -0.05) is 0 Å². The molecule has 0 aromatic heterocycles. The average molecular weight is 192 g/mol. The van der Waals surface area contributed by atoms with Crippen LogP contribution in [0.3, 0.4) is 0 Å². The fraction of sp³-hybridized carbons (Fsp3) is 1.00. The summed E-state index contributed by atoms with van der Waals surface area (Å²) in [7, 11) is 3.12. The van der Waals surface area contributed by atoms with Crippen LogP contribution in [0.4, 0.5) is 0 Å². The van der Waals surface area contributed by atoms with E-state index < -0.39 is 12.2 Å². The maximum absolute atomic E-state index is 9.25. The van der Waals surface area contributed by atoms with Gasteiger partial charge in [0, 0.05) is 14.2 Å². The Hall–Kier alpha value is -0.160. The summed E-state index contributed by atoms with van der Waals surface area (Å²) in [6.07, 6.45) is 1.28. The van der Waals surface area contributed by atoms with Crippen LogP contribution in [0.5, 0.6) is 0 Å². The third-order valence-corrected chi connectivity index (χ3v) is 1.79. The molecule has 80 valence electrons. The van der Waals surface area contributed by atoms with Crippen molar-refractivity contribution in [3.63, 3.8) is 0 Å². The summed E-state index contributed by atoms with van der Waals surface area (Å²) in [5.74, 6) is 0. The highest BCUT2D eigenvalue weighted by atomic mass is 16.5. The number of methoxy groups -OCH3 is 2. The van der Waals surface area contributed by atoms with Gasteiger partial charge < -0.3 is 19.7 Å². The highest BCUT2D eigenvalue weighted by Gasteiger charge is 2.06. The van der Waals surface area contributed by atoms with Gasteiger partial charge in [0.1, 0.15) is 0 Å². The van der Waals surface area contributed by atoms with E-state index in [9.17, 15) is 10.2 Å². The molecule has 0 heterocycles. The maximum atomic E-state index is 9.25. The van der Waals surface area contributed by atoms with Crippen LogP contribution in [-0.4, -0.2) is 49.9 Å². The molecule has 4 nitrogen and oxygen atoms in total. The van der Waals surface area contributed by atoms with E-state index in [1.807, 2.05) is 0 Å². The second kappa shape index (κ2) is 8.44. The van der Waals surface area contributed by atoms with Crippen LogP contribution < -0.4 is 0 Å². The quantitative estimate of drug-likeness (QED) is 0.575. The van der Waals surface area contributed by atoms with Crippen LogP contribution in [0.25, 0.3) is 0 Å². The normalized spacial score (nSPS) is 15.7. The number of ether oxygens (including phenoxy) is 2. The van der Waals surface area contributed by atoms with Crippen molar-refractivity contribution >= 4 is 0 Å². The van der Waals surface area contributed by atoms with E-state index in [-0.39, 0.29) is 0 Å². The predicted octanol–water partition coefficient (Wildman–Crippen LogP) is 0.171. The predicted molar refractivity (Wildman–Crippen MR) is 49.6 cm³/mol. The van der Waals surface area contributed by atoms with Crippen molar-refractivity contribution in [2.75, 3.05) is 27.4 Å². The molecule has 0 aromatic carbocycles. The third-order valence-electron chi connectivity index (χ3n) is 1.79. The highest BCUT2D eigenvalue weighted by molar-refractivity contribution is 4.58. The molecule has 0 rings (SSSR count). The third kappa shape index (κ3) is 8.18. The smallest absolute Gasteiger partial charge is 0.0773 e. The summed E-state index contributed by atoms with van der Waals surface area (Å²) in [6.45, 7) is 0.723. The highest BCUT2D eigenvalue weighted by Crippen LogP contribution is 2.04. The van der Waals surface area contributed by atoms with Crippen molar-refractivity contribution < 1.29 is 19.7 Å². The first-order valence-electron chi connectivity index (χ1n) is 4.54. The summed E-state index contributed by atoms with van der Waals surface area (Å²) in [5, 5.41) is 18.5. The van der Waals surface area contributed by atoms with E-state index in [2.05, 4.69) is 0 Å². The summed E-state index contributed by atoms with van der Waals surface area (Å²) < 4.78 is 9.54. The molecule has 0 unspecified atom stereocenters. The number of aliphatic hydroxyl groups excluding tert-OH is 2. The van der Waals surface area contributed by atoms with Crippen molar-refractivity contribution in [1.29, 1.82) is 0 Å². The van der Waals surface area contributed by atoms with E-state index in [1.54, 1.807) is 14.2 Å². The number of hydrogen-bond donors (Lipinski definition) is 2. The second-order valence-corrected chi connectivity index (χ2v) is 3.15. The first-order chi connectivity index (χ1) is 6.20. The molecule has 4 heteroatoms. The minimum Gasteiger partial charge on any atom is -0.391 e. The topological polar surface area (TPSA) is 58.9 Å². The van der Waals surface area contributed by atoms with Gasteiger partial charge in [0.05, 0.1) is 25.4 Å². The van der Waals surface area contributed by atoms with Crippen molar-refractivity contribution in [2.24, 2.45) is 0 Å². The zero-order chi connectivity index (χ0) is 10.1. The van der Waals surface area contributed by atoms with Gasteiger partial charge in [-0.3, -0.25) is 0 Å². The molecule has 0 aliphatic rings. The van der Waals surface area contributed by atoms with Crippen molar-refractivity contribution in [3.8, 4) is 0 Å². The molecule has 0 spiro atoms. The summed E-state index contributed by atoms with van der Waals surface area (Å²) in [4.78, 5) is 0. The molecule has 0 saturated carbocycles. The number of hydrogen-bond acceptors (Lipinski definition) is 4. The fourth-order valence-corrected chi connectivity index (χ4v) is 1.14. The molecule has 0 aromatic rings. The molecule has 2 N–H and O–H groups in total. The minimum atomic E-state index is -0.417. The van der Waals surface area contributed by atoms with Gasteiger partial charge in [-0.25, -0.2) is 0 Å². The van der Waals surface area contributed by atoms with E-state index in [0.717, 1.165) is 6.42 Å². The first kappa shape index (κ1) is 12.8. The largest absolute Gasteiger partial charge is 0.391 e. The van der Waals surface area contributed by atoms with Crippen molar-refractivity contribution in [3.05, 3.63) is 0 Å². The lowest BCUT2D eigenvalue weighted by atomic mass is 10.1. The Labute approximate surface area is 79.5 Å². The Morgan fingerprint density at radius 2 is 1.31 bits per heavy atom. The van der Waals surface area contributed by atoms with Crippen LogP contribution in [0.15, 0.2) is 0 Å². The first-order valence-corrected chi connectivity index (χ1v) is 4.54. The fourth-order valence-electron chi connectivity index (χ4n) is 1.14. The molecule has 13 heavy (non-hydrogen) atoms. The molecule has 0 aliphatic carbocycles. The van der Waals surface area contributed by atoms with Gasteiger partial charge in [-0.15, -0.1) is 0 Å². The van der Waals surface area contributed by atoms with Crippen molar-refractivity contribution in [2.45, 2.75) is 31.5 Å². The summed E-state index contributed by atoms with van der Waals surface area (Å²) >= 11 is 0. The van der Waals surface area contributed by atoms with Crippen LogP contribution in [-0.2, 0) is 9.47 Å². The van der Waals surface area contributed by atoms with Gasteiger partial charge >= 0.3 is 0 Å². The van der Waals surface area contributed by atoms with Gasteiger partial charge in [-0.05, 0) is 19.3 Å². The van der Waals surface area contributed by atoms with E-state index in [4.69, 9.17) is 9.47 Å². The molecular weight excluding hydrogens is 172 g/mol. The van der Waals surface area contributed by atoms with Gasteiger partial charge in [0.2, 0.25) is 0 Å². The van der Waals surface area contributed by atoms with Gasteiger partial charge in [-0.2, -0.15) is 0 Å². The molecule has 0 amide bonds.